The second-order valence-electron chi connectivity index (χ2n) is 5.93. The van der Waals surface area contributed by atoms with Crippen molar-refractivity contribution in [1.29, 1.82) is 0 Å². The van der Waals surface area contributed by atoms with Crippen molar-refractivity contribution in [1.82, 2.24) is 5.32 Å². The maximum Gasteiger partial charge on any atom is 0.308 e. The van der Waals surface area contributed by atoms with Gasteiger partial charge in [-0.2, -0.15) is 11.8 Å². The molecule has 0 aliphatic rings. The highest BCUT2D eigenvalue weighted by Gasteiger charge is 2.29. The highest BCUT2D eigenvalue weighted by Crippen LogP contribution is 2.21. The van der Waals surface area contributed by atoms with E-state index in [4.69, 9.17) is 10.5 Å². The fourth-order valence-corrected chi connectivity index (χ4v) is 2.57. The number of carbonyl (C=O) groups is 2. The minimum Gasteiger partial charge on any atom is -0.463 e. The Bertz CT molecular complexity index is 370. The summed E-state index contributed by atoms with van der Waals surface area (Å²) in [6.07, 6.45) is -0.0380. The number of hydrogen-bond acceptors (Lipinski definition) is 7. The molecule has 0 saturated carbocycles. The van der Waals surface area contributed by atoms with Crippen LogP contribution in [0.4, 0.5) is 0 Å². The predicted octanol–water partition coefficient (Wildman–Crippen LogP) is -0.257. The largest absolute Gasteiger partial charge is 0.463 e. The lowest BCUT2D eigenvalue weighted by molar-refractivity contribution is -0.150. The van der Waals surface area contributed by atoms with Crippen LogP contribution in [0.25, 0.3) is 0 Å². The quantitative estimate of drug-likeness (QED) is 0.267. The van der Waals surface area contributed by atoms with E-state index in [1.165, 1.54) is 11.8 Å². The van der Waals surface area contributed by atoms with E-state index >= 15 is 0 Å². The first-order valence-corrected chi connectivity index (χ1v) is 8.96. The van der Waals surface area contributed by atoms with Crippen LogP contribution in [0.15, 0.2) is 0 Å². The number of ether oxygens (including phenoxy) is 1. The zero-order chi connectivity index (χ0) is 17.9. The Morgan fingerprint density at radius 3 is 2.61 bits per heavy atom. The van der Waals surface area contributed by atoms with Crippen molar-refractivity contribution >= 4 is 23.6 Å². The minimum atomic E-state index is -0.908. The fourth-order valence-electron chi connectivity index (χ4n) is 1.45. The van der Waals surface area contributed by atoms with Crippen LogP contribution in [0.1, 0.15) is 27.2 Å². The highest BCUT2D eigenvalue weighted by atomic mass is 32.2. The Morgan fingerprint density at radius 1 is 1.43 bits per heavy atom. The second-order valence-corrected chi connectivity index (χ2v) is 7.04. The summed E-state index contributed by atoms with van der Waals surface area (Å²) in [5, 5.41) is 21.9. The van der Waals surface area contributed by atoms with Gasteiger partial charge in [0, 0.05) is 24.6 Å². The Hall–Kier alpha value is -0.830. The van der Waals surface area contributed by atoms with Crippen LogP contribution in [-0.2, 0) is 14.3 Å². The zero-order valence-electron chi connectivity index (χ0n) is 14.2. The Kier molecular flexibility index (Phi) is 11.2. The van der Waals surface area contributed by atoms with E-state index < -0.39 is 17.4 Å². The average Bonchev–Trinajstić information content (AvgIpc) is 2.54. The van der Waals surface area contributed by atoms with Crippen molar-refractivity contribution < 1.29 is 24.5 Å². The van der Waals surface area contributed by atoms with E-state index in [-0.39, 0.29) is 25.1 Å². The molecule has 3 atom stereocenters. The monoisotopic (exact) mass is 350 g/mol. The molecule has 0 bridgehead atoms. The predicted molar refractivity (Wildman–Crippen MR) is 91.0 cm³/mol. The van der Waals surface area contributed by atoms with Gasteiger partial charge in [-0.1, -0.05) is 13.8 Å². The van der Waals surface area contributed by atoms with Crippen molar-refractivity contribution in [2.45, 2.75) is 33.3 Å². The van der Waals surface area contributed by atoms with Crippen LogP contribution >= 0.6 is 11.8 Å². The number of esters is 1. The molecule has 8 heteroatoms. The molecule has 0 heterocycles. The maximum atomic E-state index is 11.5. The van der Waals surface area contributed by atoms with Gasteiger partial charge >= 0.3 is 5.97 Å². The molecule has 0 aliphatic heterocycles. The number of primary amides is 1. The lowest BCUT2D eigenvalue weighted by atomic mass is 9.94. The number of carbonyl (C=O) groups excluding carboxylic acids is 2. The summed E-state index contributed by atoms with van der Waals surface area (Å²) in [6, 6.07) is 0. The van der Waals surface area contributed by atoms with E-state index in [0.29, 0.717) is 31.0 Å². The van der Waals surface area contributed by atoms with Crippen LogP contribution in [-0.4, -0.2) is 66.0 Å². The van der Waals surface area contributed by atoms with Gasteiger partial charge in [0.05, 0.1) is 17.9 Å². The van der Waals surface area contributed by atoms with E-state index in [1.54, 1.807) is 13.8 Å². The molecular formula is C15H30N2O5S. The number of nitrogens with one attached hydrogen (secondary N) is 1. The van der Waals surface area contributed by atoms with Gasteiger partial charge in [-0.15, -0.1) is 0 Å². The van der Waals surface area contributed by atoms with Crippen molar-refractivity contribution in [3.05, 3.63) is 0 Å². The Balaban J connectivity index is 3.72. The van der Waals surface area contributed by atoms with Gasteiger partial charge in [-0.3, -0.25) is 9.59 Å². The summed E-state index contributed by atoms with van der Waals surface area (Å²) < 4.78 is 5.01. The molecule has 0 spiro atoms. The molecule has 0 saturated heterocycles. The van der Waals surface area contributed by atoms with Crippen LogP contribution in [0.5, 0.6) is 0 Å². The summed E-state index contributed by atoms with van der Waals surface area (Å²) in [5.74, 6) is 0.186. The molecule has 0 aromatic carbocycles. The molecule has 7 nitrogen and oxygen atoms in total. The van der Waals surface area contributed by atoms with Crippen molar-refractivity contribution in [3.63, 3.8) is 0 Å². The van der Waals surface area contributed by atoms with Crippen LogP contribution in [0.3, 0.4) is 0 Å². The first-order chi connectivity index (χ1) is 10.8. The van der Waals surface area contributed by atoms with Gasteiger partial charge < -0.3 is 26.0 Å². The van der Waals surface area contributed by atoms with Gasteiger partial charge in [0.15, 0.2) is 0 Å². The molecule has 0 aliphatic carbocycles. The number of rotatable bonds is 13. The van der Waals surface area contributed by atoms with Gasteiger partial charge in [-0.25, -0.2) is 0 Å². The third-order valence-electron chi connectivity index (χ3n) is 3.60. The molecule has 0 aromatic rings. The SMILES string of the molecule is CCC(C)C(=O)OCC(O)CNCCSCC(C)(CO)C(N)=O. The molecule has 5 N–H and O–H groups in total. The Labute approximate surface area is 142 Å². The molecule has 3 unspecified atom stereocenters. The van der Waals surface area contributed by atoms with Gasteiger partial charge in [-0.05, 0) is 13.3 Å². The van der Waals surface area contributed by atoms with Gasteiger partial charge in [0.2, 0.25) is 5.91 Å². The first-order valence-electron chi connectivity index (χ1n) is 7.80. The summed E-state index contributed by atoms with van der Waals surface area (Å²) in [7, 11) is 0. The number of amides is 1. The molecule has 0 radical (unpaired) electrons. The van der Waals surface area contributed by atoms with Crippen LogP contribution in [0, 0.1) is 11.3 Å². The standard InChI is InChI=1S/C15H30N2O5S/c1-4-11(2)13(20)22-8-12(19)7-17-5-6-23-10-15(3,9-18)14(16)21/h11-12,17-19H,4-10H2,1-3H3,(H2,16,21). The molecule has 136 valence electrons. The Morgan fingerprint density at radius 2 is 2.09 bits per heavy atom. The second kappa shape index (κ2) is 11.7. The van der Waals surface area contributed by atoms with Crippen molar-refractivity contribution in [2.75, 3.05) is 37.8 Å². The van der Waals surface area contributed by atoms with E-state index in [9.17, 15) is 19.8 Å². The minimum absolute atomic E-state index is 0.0203. The van der Waals surface area contributed by atoms with E-state index in [0.717, 1.165) is 0 Å². The van der Waals surface area contributed by atoms with Crippen LogP contribution < -0.4 is 11.1 Å². The first kappa shape index (κ1) is 22.2. The molecular weight excluding hydrogens is 320 g/mol. The molecule has 0 rings (SSSR count). The number of hydrogen-bond donors (Lipinski definition) is 4. The average molecular weight is 350 g/mol. The fraction of sp³-hybridized carbons (Fsp3) is 0.867. The zero-order valence-corrected chi connectivity index (χ0v) is 15.0. The number of thioether (sulfide) groups is 1. The highest BCUT2D eigenvalue weighted by molar-refractivity contribution is 7.99. The molecule has 0 aromatic heterocycles. The summed E-state index contributed by atoms with van der Waals surface area (Å²) in [6.45, 7) is 5.97. The van der Waals surface area contributed by atoms with Gasteiger partial charge in [0.1, 0.15) is 12.7 Å². The normalized spacial score (nSPS) is 16.4. The van der Waals surface area contributed by atoms with Crippen molar-refractivity contribution in [2.24, 2.45) is 17.1 Å². The lowest BCUT2D eigenvalue weighted by Gasteiger charge is -2.22. The summed E-state index contributed by atoms with van der Waals surface area (Å²) in [4.78, 5) is 22.7. The number of aliphatic hydroxyl groups excluding tert-OH is 2. The summed E-state index contributed by atoms with van der Waals surface area (Å²) in [5.41, 5.74) is 4.34. The smallest absolute Gasteiger partial charge is 0.308 e. The van der Waals surface area contributed by atoms with E-state index in [2.05, 4.69) is 5.32 Å². The number of aliphatic hydroxyl groups is 2. The third-order valence-corrected chi connectivity index (χ3v) is 4.93. The lowest BCUT2D eigenvalue weighted by Crippen LogP contribution is -2.40. The molecule has 0 fully saturated rings. The molecule has 1 amide bonds. The number of nitrogens with two attached hydrogens (primary N) is 1. The third kappa shape index (κ3) is 9.14. The van der Waals surface area contributed by atoms with Gasteiger partial charge in [0.25, 0.3) is 0 Å². The summed E-state index contributed by atoms with van der Waals surface area (Å²) >= 11 is 1.50. The van der Waals surface area contributed by atoms with E-state index in [1.807, 2.05) is 6.92 Å². The molecule has 23 heavy (non-hydrogen) atoms. The van der Waals surface area contributed by atoms with Crippen molar-refractivity contribution in [3.8, 4) is 0 Å². The van der Waals surface area contributed by atoms with Crippen LogP contribution in [0.2, 0.25) is 0 Å². The maximum absolute atomic E-state index is 11.5. The topological polar surface area (TPSA) is 122 Å².